The first-order valence-electron chi connectivity index (χ1n) is 26.9. The van der Waals surface area contributed by atoms with Gasteiger partial charge in [-0.05, 0) is 143 Å². The highest BCUT2D eigenvalue weighted by molar-refractivity contribution is 6.02. The lowest BCUT2D eigenvalue weighted by molar-refractivity contribution is -0.133. The van der Waals surface area contributed by atoms with E-state index in [-0.39, 0.29) is 58.0 Å². The summed E-state index contributed by atoms with van der Waals surface area (Å²) in [5.74, 6) is -1.16. The van der Waals surface area contributed by atoms with Gasteiger partial charge in [0.1, 0.15) is 40.5 Å². The minimum atomic E-state index is -0.965. The number of fused-ring (bicyclic) bond motifs is 2. The lowest BCUT2D eigenvalue weighted by Gasteiger charge is -2.44. The number of β-amino-alcohol motifs (C(OH)–C–C–N with tert-alkyl or cyclic N) is 1. The number of rotatable bonds is 14. The van der Waals surface area contributed by atoms with Gasteiger partial charge in [0.2, 0.25) is 11.8 Å². The predicted molar refractivity (Wildman–Crippen MR) is 279 cm³/mol. The molecule has 5 saturated heterocycles. The molecule has 74 heavy (non-hydrogen) atoms. The molecule has 4 N–H and O–H groups in total. The third-order valence-corrected chi connectivity index (χ3v) is 16.9. The van der Waals surface area contributed by atoms with Gasteiger partial charge in [-0.2, -0.15) is 9.97 Å². The molecule has 7 heterocycles. The second-order valence-corrected chi connectivity index (χ2v) is 22.4. The van der Waals surface area contributed by atoms with Gasteiger partial charge in [-0.15, -0.1) is 0 Å². The zero-order valence-electron chi connectivity index (χ0n) is 42.7. The van der Waals surface area contributed by atoms with Crippen molar-refractivity contribution < 1.29 is 37.7 Å². The van der Waals surface area contributed by atoms with Crippen molar-refractivity contribution in [2.75, 3.05) is 100 Å². The van der Waals surface area contributed by atoms with Gasteiger partial charge >= 0.3 is 6.01 Å². The third-order valence-electron chi connectivity index (χ3n) is 16.9. The van der Waals surface area contributed by atoms with Gasteiger partial charge in [-0.3, -0.25) is 24.8 Å². The number of phenolic OH excluding ortho intramolecular Hbond substituents is 1. The fourth-order valence-electron chi connectivity index (χ4n) is 12.5. The number of piperazine rings is 1. The molecule has 2 amide bonds. The second-order valence-electron chi connectivity index (χ2n) is 22.4. The Kier molecular flexibility index (Phi) is 14.1. The molecule has 5 aliphatic heterocycles. The van der Waals surface area contributed by atoms with E-state index in [2.05, 4.69) is 35.2 Å². The van der Waals surface area contributed by atoms with Gasteiger partial charge in [0.25, 0.3) is 0 Å². The molecule has 2 atom stereocenters. The summed E-state index contributed by atoms with van der Waals surface area (Å²) >= 11 is 0. The lowest BCUT2D eigenvalue weighted by Crippen LogP contribution is -2.54. The maximum atomic E-state index is 17.2. The van der Waals surface area contributed by atoms with E-state index < -0.39 is 23.3 Å². The van der Waals surface area contributed by atoms with Gasteiger partial charge in [-0.25, -0.2) is 13.2 Å². The SMILES string of the molecule is CCc1c(F)ccc2cc(O)cc(-c3ncc4c(N5CCC[C@@](C)(O)C5)nc(OCC5(CN6CCN(C7CCN(CC8CCN(c9ccc(NC%10CCC(=O)NC%10=O)cc9F)CC8)CC7)CC6)CC5)nc4c3F)c12. The van der Waals surface area contributed by atoms with Crippen molar-refractivity contribution in [3.8, 4) is 23.0 Å². The van der Waals surface area contributed by atoms with Gasteiger partial charge in [0.15, 0.2) is 5.82 Å². The molecule has 2 aromatic heterocycles. The van der Waals surface area contributed by atoms with E-state index in [4.69, 9.17) is 14.7 Å². The molecule has 11 rings (SSSR count). The molecule has 1 unspecified atom stereocenters. The largest absolute Gasteiger partial charge is 0.508 e. The maximum absolute atomic E-state index is 17.2. The van der Waals surface area contributed by atoms with E-state index in [1.165, 1.54) is 24.4 Å². The Hall–Kier alpha value is -5.82. The first-order valence-corrected chi connectivity index (χ1v) is 26.9. The van der Waals surface area contributed by atoms with Gasteiger partial charge < -0.3 is 39.9 Å². The van der Waals surface area contributed by atoms with Crippen molar-refractivity contribution in [2.45, 2.75) is 102 Å². The van der Waals surface area contributed by atoms with Crippen LogP contribution in [0.25, 0.3) is 32.9 Å². The van der Waals surface area contributed by atoms with Crippen molar-refractivity contribution in [3.63, 3.8) is 0 Å². The molecule has 18 heteroatoms. The van der Waals surface area contributed by atoms with Crippen LogP contribution in [-0.4, -0.2) is 155 Å². The number of phenols is 1. The minimum Gasteiger partial charge on any atom is -0.508 e. The Morgan fingerprint density at radius 1 is 0.851 bits per heavy atom. The van der Waals surface area contributed by atoms with Crippen LogP contribution in [0.2, 0.25) is 0 Å². The molecule has 1 aliphatic carbocycles. The highest BCUT2D eigenvalue weighted by Crippen LogP contribution is 2.47. The number of likely N-dealkylation sites (tertiary alicyclic amines) is 1. The van der Waals surface area contributed by atoms with Crippen LogP contribution in [0.15, 0.2) is 48.7 Å². The van der Waals surface area contributed by atoms with E-state index in [0.717, 1.165) is 110 Å². The smallest absolute Gasteiger partial charge is 0.319 e. The summed E-state index contributed by atoms with van der Waals surface area (Å²) in [6.07, 6.45) is 10.3. The van der Waals surface area contributed by atoms with Crippen molar-refractivity contribution in [1.29, 1.82) is 0 Å². The summed E-state index contributed by atoms with van der Waals surface area (Å²) in [5, 5.41) is 28.7. The topological polar surface area (TPSA) is 163 Å². The number of piperidine rings is 4. The minimum absolute atomic E-state index is 0.0141. The number of aromatic hydroxyl groups is 1. The number of nitrogens with one attached hydrogen (secondary N) is 2. The number of nitrogens with zero attached hydrogens (tertiary/aromatic N) is 8. The standard InChI is InChI=1S/C56H69F3N10O5/c1-3-40-43(57)7-5-36-27-39(70)29-41(48(36)40)50-49(59)51-42(30-60-50)52(69-18-4-15-55(2,73)32-69)64-54(63-51)74-34-56(16-17-56)33-66-23-25-67(26-24-66)38-13-19-65(20-14-38)31-35-11-21-68(22-12-35)46-9-6-37(28-44(46)58)61-45-8-10-47(71)62-53(45)72/h5-7,9,27-30,35,38,45,61,70,73H,3-4,8,10-26,31-34H2,1-2H3,(H,62,71,72)/t45?,55-/m1/s1. The summed E-state index contributed by atoms with van der Waals surface area (Å²) in [5.41, 5.74) is 0.742. The Bertz CT molecular complexity index is 2920. The monoisotopic (exact) mass is 1020 g/mol. The van der Waals surface area contributed by atoms with E-state index >= 15 is 13.2 Å². The second kappa shape index (κ2) is 20.7. The number of halogens is 3. The molecule has 6 aliphatic rings. The number of aliphatic hydroxyl groups is 1. The number of carbonyl (C=O) groups excluding carboxylic acids is 2. The van der Waals surface area contributed by atoms with Gasteiger partial charge in [-0.1, -0.05) is 13.0 Å². The number of aromatic nitrogens is 3. The number of imide groups is 1. The lowest BCUT2D eigenvalue weighted by atomic mass is 9.94. The molecule has 5 aromatic rings. The number of ether oxygens (including phenoxy) is 1. The number of anilines is 3. The molecular weight excluding hydrogens is 950 g/mol. The fourth-order valence-corrected chi connectivity index (χ4v) is 12.5. The van der Waals surface area contributed by atoms with Crippen molar-refractivity contribution in [1.82, 2.24) is 35.0 Å². The first-order chi connectivity index (χ1) is 35.7. The normalized spacial score (nSPS) is 23.7. The summed E-state index contributed by atoms with van der Waals surface area (Å²) < 4.78 is 54.2. The Labute approximate surface area is 430 Å². The highest BCUT2D eigenvalue weighted by Gasteiger charge is 2.46. The number of hydrogen-bond donors (Lipinski definition) is 4. The average Bonchev–Trinajstić information content (AvgIpc) is 4.16. The summed E-state index contributed by atoms with van der Waals surface area (Å²) in [7, 11) is 0. The maximum Gasteiger partial charge on any atom is 0.319 e. The van der Waals surface area contributed by atoms with Crippen LogP contribution in [0.5, 0.6) is 11.8 Å². The van der Waals surface area contributed by atoms with Crippen molar-refractivity contribution in [3.05, 3.63) is 71.7 Å². The molecule has 6 fully saturated rings. The molecule has 3 aromatic carbocycles. The number of carbonyl (C=O) groups is 2. The summed E-state index contributed by atoms with van der Waals surface area (Å²) in [6.45, 7) is 14.7. The molecule has 0 bridgehead atoms. The molecule has 0 spiro atoms. The van der Waals surface area contributed by atoms with E-state index in [0.29, 0.717) is 89.8 Å². The highest BCUT2D eigenvalue weighted by atomic mass is 19.1. The van der Waals surface area contributed by atoms with Crippen LogP contribution >= 0.6 is 0 Å². The van der Waals surface area contributed by atoms with Crippen LogP contribution in [0, 0.1) is 28.8 Å². The van der Waals surface area contributed by atoms with Crippen LogP contribution in [0.4, 0.5) is 30.4 Å². The zero-order chi connectivity index (χ0) is 51.3. The van der Waals surface area contributed by atoms with Crippen LogP contribution in [0.1, 0.15) is 83.6 Å². The quantitative estimate of drug-likeness (QED) is 0.0823. The third kappa shape index (κ3) is 10.7. The first kappa shape index (κ1) is 50.3. The predicted octanol–water partition coefficient (Wildman–Crippen LogP) is 7.26. The Balaban J connectivity index is 0.679. The Morgan fingerprint density at radius 3 is 2.35 bits per heavy atom. The number of aryl methyl sites for hydroxylation is 1. The molecule has 1 saturated carbocycles. The van der Waals surface area contributed by atoms with Crippen LogP contribution in [0.3, 0.4) is 0 Å². The van der Waals surface area contributed by atoms with Crippen LogP contribution < -0.4 is 25.2 Å². The summed E-state index contributed by atoms with van der Waals surface area (Å²) in [4.78, 5) is 49.8. The Morgan fingerprint density at radius 2 is 1.64 bits per heavy atom. The molecule has 0 radical (unpaired) electrons. The van der Waals surface area contributed by atoms with E-state index in [1.54, 1.807) is 25.1 Å². The number of hydrogen-bond acceptors (Lipinski definition) is 14. The number of pyridine rings is 1. The van der Waals surface area contributed by atoms with Gasteiger partial charge in [0, 0.05) is 101 Å². The molecule has 15 nitrogen and oxygen atoms in total. The number of amides is 2. The summed E-state index contributed by atoms with van der Waals surface area (Å²) in [6, 6.07) is 11.1. The van der Waals surface area contributed by atoms with Crippen molar-refractivity contribution >= 4 is 50.7 Å². The zero-order valence-corrected chi connectivity index (χ0v) is 42.7. The van der Waals surface area contributed by atoms with Crippen molar-refractivity contribution in [2.24, 2.45) is 11.3 Å². The fraction of sp³-hybridized carbons (Fsp3) is 0.554. The van der Waals surface area contributed by atoms with E-state index in [1.807, 2.05) is 17.9 Å². The van der Waals surface area contributed by atoms with Crippen LogP contribution in [-0.2, 0) is 16.0 Å². The van der Waals surface area contributed by atoms with E-state index in [9.17, 15) is 19.8 Å². The number of benzene rings is 3. The molecular formula is C56H69F3N10O5. The average molecular weight is 1020 g/mol. The molecule has 394 valence electrons. The van der Waals surface area contributed by atoms with Gasteiger partial charge in [0.05, 0.1) is 23.3 Å².